The molecule has 0 spiro atoms. The van der Waals surface area contributed by atoms with Crippen LogP contribution in [-0.2, 0) is 4.74 Å². The van der Waals surface area contributed by atoms with Gasteiger partial charge >= 0.3 is 5.97 Å². The van der Waals surface area contributed by atoms with E-state index in [2.05, 4.69) is 0 Å². The van der Waals surface area contributed by atoms with Gasteiger partial charge in [0.15, 0.2) is 0 Å². The summed E-state index contributed by atoms with van der Waals surface area (Å²) in [5, 5.41) is 0. The number of carbonyl (C=O) groups excluding carboxylic acids is 1. The van der Waals surface area contributed by atoms with Crippen LogP contribution in [0.25, 0.3) is 11.1 Å². The molecule has 15 heavy (non-hydrogen) atoms. The van der Waals surface area contributed by atoms with Crippen molar-refractivity contribution < 1.29 is 9.53 Å². The maximum atomic E-state index is 11.5. The summed E-state index contributed by atoms with van der Waals surface area (Å²) in [4.78, 5) is 11.5. The highest BCUT2D eigenvalue weighted by Gasteiger charge is 2.06. The SMILES string of the molecule is CCOC(=O)c1ccc2cccc-2cc1. The van der Waals surface area contributed by atoms with Crippen LogP contribution in [0.1, 0.15) is 17.3 Å². The number of esters is 1. The first-order chi connectivity index (χ1) is 7.31. The summed E-state index contributed by atoms with van der Waals surface area (Å²) >= 11 is 0. The number of hydrogen-bond acceptors (Lipinski definition) is 2. The maximum absolute atomic E-state index is 11.5. The van der Waals surface area contributed by atoms with Crippen molar-refractivity contribution in [2.24, 2.45) is 0 Å². The Morgan fingerprint density at radius 3 is 2.20 bits per heavy atom. The fraction of sp³-hybridized carbons (Fsp3) is 0.154. The predicted molar refractivity (Wildman–Crippen MR) is 59.0 cm³/mol. The minimum Gasteiger partial charge on any atom is -0.462 e. The highest BCUT2D eigenvalue weighted by molar-refractivity contribution is 5.90. The van der Waals surface area contributed by atoms with E-state index in [9.17, 15) is 4.79 Å². The number of rotatable bonds is 2. The highest BCUT2D eigenvalue weighted by atomic mass is 16.5. The molecule has 0 N–H and O–H groups in total. The van der Waals surface area contributed by atoms with Gasteiger partial charge in [-0.05, 0) is 30.2 Å². The molecule has 2 aliphatic carbocycles. The normalized spacial score (nSPS) is 10.2. The van der Waals surface area contributed by atoms with Gasteiger partial charge in [0, 0.05) is 0 Å². The molecule has 0 aromatic carbocycles. The topological polar surface area (TPSA) is 26.3 Å². The van der Waals surface area contributed by atoms with Crippen molar-refractivity contribution in [2.75, 3.05) is 6.61 Å². The molecule has 0 radical (unpaired) electrons. The van der Waals surface area contributed by atoms with Crippen LogP contribution in [-0.4, -0.2) is 12.6 Å². The Bertz CT molecular complexity index is 418. The Labute approximate surface area is 88.8 Å². The number of hydrogen-bond donors (Lipinski definition) is 0. The first-order valence-corrected chi connectivity index (χ1v) is 4.97. The fourth-order valence-corrected chi connectivity index (χ4v) is 1.52. The number of fused-ring (bicyclic) bond motifs is 1. The van der Waals surface area contributed by atoms with Gasteiger partial charge < -0.3 is 4.74 Å². The highest BCUT2D eigenvalue weighted by Crippen LogP contribution is 2.21. The van der Waals surface area contributed by atoms with Crippen LogP contribution in [0.5, 0.6) is 0 Å². The van der Waals surface area contributed by atoms with Crippen molar-refractivity contribution in [3.63, 3.8) is 0 Å². The van der Waals surface area contributed by atoms with Crippen molar-refractivity contribution in [1.82, 2.24) is 0 Å². The Kier molecular flexibility index (Phi) is 2.68. The molecule has 0 saturated heterocycles. The van der Waals surface area contributed by atoms with Crippen LogP contribution in [0.3, 0.4) is 0 Å². The average molecular weight is 200 g/mol. The van der Waals surface area contributed by atoms with Crippen LogP contribution >= 0.6 is 0 Å². The predicted octanol–water partition coefficient (Wildman–Crippen LogP) is 2.97. The van der Waals surface area contributed by atoms with Gasteiger partial charge in [0.05, 0.1) is 12.2 Å². The van der Waals surface area contributed by atoms with Crippen molar-refractivity contribution in [2.45, 2.75) is 6.92 Å². The van der Waals surface area contributed by atoms with E-state index in [-0.39, 0.29) is 5.97 Å². The van der Waals surface area contributed by atoms with Crippen LogP contribution < -0.4 is 0 Å². The number of carbonyl (C=O) groups is 1. The van der Waals surface area contributed by atoms with Crippen LogP contribution in [0.15, 0.2) is 42.5 Å². The molecule has 2 aliphatic rings. The maximum Gasteiger partial charge on any atom is 0.338 e. The Balaban J connectivity index is 2.38. The summed E-state index contributed by atoms with van der Waals surface area (Å²) in [7, 11) is 0. The average Bonchev–Trinajstić information content (AvgIpc) is 2.58. The third kappa shape index (κ3) is 1.99. The summed E-state index contributed by atoms with van der Waals surface area (Å²) in [5.41, 5.74) is 2.85. The van der Waals surface area contributed by atoms with Gasteiger partial charge in [0.25, 0.3) is 0 Å². The van der Waals surface area contributed by atoms with E-state index in [4.69, 9.17) is 4.74 Å². The zero-order valence-electron chi connectivity index (χ0n) is 8.57. The van der Waals surface area contributed by atoms with Gasteiger partial charge in [0.2, 0.25) is 0 Å². The fourth-order valence-electron chi connectivity index (χ4n) is 1.52. The lowest BCUT2D eigenvalue weighted by Gasteiger charge is -1.97. The molecule has 0 saturated carbocycles. The van der Waals surface area contributed by atoms with Crippen molar-refractivity contribution in [3.05, 3.63) is 48.0 Å². The van der Waals surface area contributed by atoms with Gasteiger partial charge in [-0.2, -0.15) is 0 Å². The van der Waals surface area contributed by atoms with Crippen LogP contribution in [0, 0.1) is 0 Å². The zero-order chi connectivity index (χ0) is 10.7. The van der Waals surface area contributed by atoms with Gasteiger partial charge in [-0.1, -0.05) is 30.3 Å². The van der Waals surface area contributed by atoms with E-state index < -0.39 is 0 Å². The lowest BCUT2D eigenvalue weighted by Crippen LogP contribution is -2.02. The molecule has 0 aromatic heterocycles. The van der Waals surface area contributed by atoms with E-state index in [0.717, 1.165) is 11.1 Å². The molecule has 76 valence electrons. The molecule has 0 fully saturated rings. The van der Waals surface area contributed by atoms with Gasteiger partial charge in [0.1, 0.15) is 0 Å². The second-order valence-electron chi connectivity index (χ2n) is 3.28. The van der Waals surface area contributed by atoms with Gasteiger partial charge in [-0.25, -0.2) is 4.79 Å². The zero-order valence-corrected chi connectivity index (χ0v) is 8.57. The van der Waals surface area contributed by atoms with Crippen molar-refractivity contribution in [1.29, 1.82) is 0 Å². The van der Waals surface area contributed by atoms with E-state index in [0.29, 0.717) is 12.2 Å². The molecule has 0 heterocycles. The molecule has 0 atom stereocenters. The quantitative estimate of drug-likeness (QED) is 0.696. The second-order valence-corrected chi connectivity index (χ2v) is 3.28. The molecule has 2 nitrogen and oxygen atoms in total. The number of ether oxygens (including phenoxy) is 1. The molecule has 0 bridgehead atoms. The third-order valence-corrected chi connectivity index (χ3v) is 2.28. The second kappa shape index (κ2) is 4.13. The largest absolute Gasteiger partial charge is 0.462 e. The lowest BCUT2D eigenvalue weighted by molar-refractivity contribution is 0.0526. The summed E-state index contributed by atoms with van der Waals surface area (Å²) in [6.45, 7) is 2.21. The summed E-state index contributed by atoms with van der Waals surface area (Å²) < 4.78 is 4.93. The lowest BCUT2D eigenvalue weighted by atomic mass is 10.2. The van der Waals surface area contributed by atoms with E-state index in [1.165, 1.54) is 0 Å². The first kappa shape index (κ1) is 9.71. The summed E-state index contributed by atoms with van der Waals surface area (Å²) in [6.07, 6.45) is 0. The molecule has 2 heteroatoms. The third-order valence-electron chi connectivity index (χ3n) is 2.28. The summed E-state index contributed by atoms with van der Waals surface area (Å²) in [5.74, 6) is -0.268. The van der Waals surface area contributed by atoms with E-state index in [1.54, 1.807) is 19.1 Å². The van der Waals surface area contributed by atoms with Gasteiger partial charge in [-0.3, -0.25) is 0 Å². The van der Waals surface area contributed by atoms with Crippen LogP contribution in [0.4, 0.5) is 0 Å². The first-order valence-electron chi connectivity index (χ1n) is 4.97. The monoisotopic (exact) mass is 200 g/mol. The Morgan fingerprint density at radius 2 is 1.67 bits per heavy atom. The van der Waals surface area contributed by atoms with E-state index in [1.807, 2.05) is 30.3 Å². The van der Waals surface area contributed by atoms with Crippen LogP contribution in [0.2, 0.25) is 0 Å². The van der Waals surface area contributed by atoms with Crippen molar-refractivity contribution in [3.8, 4) is 11.1 Å². The minimum atomic E-state index is -0.268. The molecule has 0 unspecified atom stereocenters. The molecule has 0 aliphatic heterocycles. The minimum absolute atomic E-state index is 0.268. The molecular weight excluding hydrogens is 188 g/mol. The molecule has 2 rings (SSSR count). The van der Waals surface area contributed by atoms with E-state index >= 15 is 0 Å². The molecular formula is C13H12O2. The Morgan fingerprint density at radius 1 is 1.07 bits per heavy atom. The smallest absolute Gasteiger partial charge is 0.338 e. The van der Waals surface area contributed by atoms with Gasteiger partial charge in [-0.15, -0.1) is 0 Å². The standard InChI is InChI=1S/C13H12O2/c1-2-15-13(14)12-8-6-10-4-3-5-11(10)7-9-12/h3-9H,2H2,1H3. The molecule has 0 amide bonds. The van der Waals surface area contributed by atoms with Crippen molar-refractivity contribution >= 4 is 5.97 Å². The summed E-state index contributed by atoms with van der Waals surface area (Å²) in [6, 6.07) is 13.5. The molecule has 0 aromatic rings. The Hall–Kier alpha value is -1.83.